The molecule has 2 amide bonds. The summed E-state index contributed by atoms with van der Waals surface area (Å²) in [6.07, 6.45) is 4.46. The van der Waals surface area contributed by atoms with Crippen LogP contribution in [0.15, 0.2) is 21.3 Å². The second-order valence-corrected chi connectivity index (χ2v) is 9.48. The number of aryl methyl sites for hydroxylation is 2. The molecule has 2 aliphatic rings. The van der Waals surface area contributed by atoms with Crippen LogP contribution in [0.1, 0.15) is 48.8 Å². The lowest BCUT2D eigenvalue weighted by Crippen LogP contribution is -2.56. The number of rotatable bonds is 5. The Morgan fingerprint density at radius 2 is 2.00 bits per heavy atom. The largest absolute Gasteiger partial charge is 0.483 e. The summed E-state index contributed by atoms with van der Waals surface area (Å²) in [6, 6.07) is 3.56. The lowest BCUT2D eigenvalue weighted by Gasteiger charge is -2.47. The van der Waals surface area contributed by atoms with E-state index in [0.717, 1.165) is 36.8 Å². The maximum absolute atomic E-state index is 12.6. The van der Waals surface area contributed by atoms with Crippen molar-refractivity contribution in [3.05, 3.63) is 39.2 Å². The van der Waals surface area contributed by atoms with E-state index in [-0.39, 0.29) is 25.0 Å². The normalized spacial score (nSPS) is 22.7. The van der Waals surface area contributed by atoms with Gasteiger partial charge in [0.1, 0.15) is 11.3 Å². The number of piperidine rings is 1. The molecule has 2 heterocycles. The molecule has 0 bridgehead atoms. The number of hydrogen-bond donors (Lipinski definition) is 2. The lowest BCUT2D eigenvalue weighted by atomic mass is 9.71. The first-order chi connectivity index (χ1) is 15.7. The van der Waals surface area contributed by atoms with Crippen molar-refractivity contribution in [1.82, 2.24) is 10.2 Å². The standard InChI is InChI=1S/C25H32N2O6/c1-15-10-19(23-16(2)17(3)24(30)33-20(23)11-15)32-14-21(28)26-12-22(29)27-9-8-25(31)7-5-4-6-18(25)13-27/h10-11,18,31H,4-9,12-14H2,1-3H3,(H,26,28)/t18-,25-/m0/s1. The Bertz CT molecular complexity index is 1140. The quantitative estimate of drug-likeness (QED) is 0.669. The highest BCUT2D eigenvalue weighted by molar-refractivity contribution is 5.89. The summed E-state index contributed by atoms with van der Waals surface area (Å²) in [5.41, 5.74) is 1.47. The van der Waals surface area contributed by atoms with Crippen LogP contribution in [0.25, 0.3) is 11.0 Å². The molecular formula is C25H32N2O6. The summed E-state index contributed by atoms with van der Waals surface area (Å²) in [5, 5.41) is 14.1. The molecule has 1 saturated carbocycles. The number of ether oxygens (including phenoxy) is 1. The Balaban J connectivity index is 1.35. The Labute approximate surface area is 192 Å². The Morgan fingerprint density at radius 1 is 1.21 bits per heavy atom. The van der Waals surface area contributed by atoms with Crippen molar-refractivity contribution in [3.63, 3.8) is 0 Å². The number of carbonyl (C=O) groups excluding carboxylic acids is 2. The molecule has 8 nitrogen and oxygen atoms in total. The van der Waals surface area contributed by atoms with Gasteiger partial charge in [0, 0.05) is 24.6 Å². The maximum atomic E-state index is 12.6. The van der Waals surface area contributed by atoms with Crippen LogP contribution in [0.2, 0.25) is 0 Å². The van der Waals surface area contributed by atoms with E-state index >= 15 is 0 Å². The fraction of sp³-hybridized carbons (Fsp3) is 0.560. The van der Waals surface area contributed by atoms with Gasteiger partial charge in [-0.15, -0.1) is 0 Å². The van der Waals surface area contributed by atoms with Gasteiger partial charge < -0.3 is 24.5 Å². The summed E-state index contributed by atoms with van der Waals surface area (Å²) in [6.45, 7) is 6.06. The minimum absolute atomic E-state index is 0.102. The molecule has 1 aliphatic heterocycles. The first-order valence-corrected chi connectivity index (χ1v) is 11.6. The van der Waals surface area contributed by atoms with Crippen molar-refractivity contribution in [1.29, 1.82) is 0 Å². The summed E-state index contributed by atoms with van der Waals surface area (Å²) in [7, 11) is 0. The van der Waals surface area contributed by atoms with E-state index in [1.54, 1.807) is 24.0 Å². The third-order valence-corrected chi connectivity index (χ3v) is 7.23. The van der Waals surface area contributed by atoms with E-state index in [1.807, 2.05) is 13.8 Å². The maximum Gasteiger partial charge on any atom is 0.339 e. The van der Waals surface area contributed by atoms with Gasteiger partial charge in [-0.2, -0.15) is 0 Å². The fourth-order valence-corrected chi connectivity index (χ4v) is 5.08. The van der Waals surface area contributed by atoms with Gasteiger partial charge >= 0.3 is 5.63 Å². The van der Waals surface area contributed by atoms with E-state index in [4.69, 9.17) is 9.15 Å². The number of amides is 2. The molecule has 0 spiro atoms. The fourth-order valence-electron chi connectivity index (χ4n) is 5.08. The molecule has 33 heavy (non-hydrogen) atoms. The molecular weight excluding hydrogens is 424 g/mol. The van der Waals surface area contributed by atoms with Crippen molar-refractivity contribution in [2.45, 2.75) is 58.5 Å². The molecule has 4 rings (SSSR count). The number of benzene rings is 1. The van der Waals surface area contributed by atoms with Crippen molar-refractivity contribution >= 4 is 22.8 Å². The van der Waals surface area contributed by atoms with E-state index in [2.05, 4.69) is 5.32 Å². The van der Waals surface area contributed by atoms with Crippen LogP contribution in [0.3, 0.4) is 0 Å². The van der Waals surface area contributed by atoms with E-state index in [1.165, 1.54) is 0 Å². The zero-order valence-electron chi connectivity index (χ0n) is 19.5. The second-order valence-electron chi connectivity index (χ2n) is 9.48. The molecule has 0 unspecified atom stereocenters. The van der Waals surface area contributed by atoms with Crippen LogP contribution in [0.5, 0.6) is 5.75 Å². The molecule has 1 aromatic carbocycles. The summed E-state index contributed by atoms with van der Waals surface area (Å²) >= 11 is 0. The van der Waals surface area contributed by atoms with Crippen LogP contribution in [-0.4, -0.2) is 53.7 Å². The monoisotopic (exact) mass is 456 g/mol. The van der Waals surface area contributed by atoms with Crippen LogP contribution >= 0.6 is 0 Å². The first kappa shape index (κ1) is 23.3. The van der Waals surface area contributed by atoms with Crippen molar-refractivity contribution < 1.29 is 23.8 Å². The third kappa shape index (κ3) is 4.76. The van der Waals surface area contributed by atoms with Gasteiger partial charge in [0.2, 0.25) is 5.91 Å². The Kier molecular flexibility index (Phi) is 6.47. The topological polar surface area (TPSA) is 109 Å². The number of nitrogens with one attached hydrogen (secondary N) is 1. The number of likely N-dealkylation sites (tertiary alicyclic amines) is 1. The Morgan fingerprint density at radius 3 is 2.79 bits per heavy atom. The zero-order chi connectivity index (χ0) is 23.8. The molecule has 2 N–H and O–H groups in total. The molecule has 2 aromatic rings. The predicted octanol–water partition coefficient (Wildman–Crippen LogP) is 2.37. The summed E-state index contributed by atoms with van der Waals surface area (Å²) in [4.78, 5) is 38.8. The minimum Gasteiger partial charge on any atom is -0.483 e. The summed E-state index contributed by atoms with van der Waals surface area (Å²) in [5.74, 6) is 0.0222. The van der Waals surface area contributed by atoms with Gasteiger partial charge in [0.15, 0.2) is 6.61 Å². The van der Waals surface area contributed by atoms with Gasteiger partial charge in [-0.3, -0.25) is 9.59 Å². The van der Waals surface area contributed by atoms with E-state index in [0.29, 0.717) is 41.8 Å². The molecule has 178 valence electrons. The van der Waals surface area contributed by atoms with Crippen molar-refractivity contribution in [2.75, 3.05) is 26.2 Å². The molecule has 2 atom stereocenters. The van der Waals surface area contributed by atoms with Gasteiger partial charge in [-0.05, 0) is 63.3 Å². The van der Waals surface area contributed by atoms with E-state index < -0.39 is 17.1 Å². The minimum atomic E-state index is -0.641. The number of fused-ring (bicyclic) bond motifs is 2. The number of carbonyl (C=O) groups is 2. The summed E-state index contributed by atoms with van der Waals surface area (Å²) < 4.78 is 11.2. The van der Waals surface area contributed by atoms with Gasteiger partial charge in [0.25, 0.3) is 5.91 Å². The van der Waals surface area contributed by atoms with Crippen molar-refractivity contribution in [3.8, 4) is 5.75 Å². The highest BCUT2D eigenvalue weighted by Crippen LogP contribution is 2.39. The number of nitrogens with zero attached hydrogens (tertiary/aromatic N) is 1. The highest BCUT2D eigenvalue weighted by Gasteiger charge is 2.43. The molecule has 1 aromatic heterocycles. The lowest BCUT2D eigenvalue weighted by molar-refractivity contribution is -0.143. The third-order valence-electron chi connectivity index (χ3n) is 7.23. The van der Waals surface area contributed by atoms with Crippen LogP contribution in [0, 0.1) is 26.7 Å². The molecule has 2 fully saturated rings. The van der Waals surface area contributed by atoms with Crippen LogP contribution < -0.4 is 15.7 Å². The molecule has 1 aliphatic carbocycles. The van der Waals surface area contributed by atoms with Gasteiger partial charge in [0.05, 0.1) is 17.5 Å². The van der Waals surface area contributed by atoms with E-state index in [9.17, 15) is 19.5 Å². The van der Waals surface area contributed by atoms with Gasteiger partial charge in [-0.1, -0.05) is 12.8 Å². The average molecular weight is 457 g/mol. The highest BCUT2D eigenvalue weighted by atomic mass is 16.5. The van der Waals surface area contributed by atoms with Crippen LogP contribution in [-0.2, 0) is 9.59 Å². The zero-order valence-corrected chi connectivity index (χ0v) is 19.5. The number of aliphatic hydroxyl groups is 1. The molecule has 8 heteroatoms. The average Bonchev–Trinajstić information content (AvgIpc) is 2.78. The number of hydrogen-bond acceptors (Lipinski definition) is 6. The van der Waals surface area contributed by atoms with Gasteiger partial charge in [-0.25, -0.2) is 4.79 Å². The molecule has 1 saturated heterocycles. The van der Waals surface area contributed by atoms with Crippen molar-refractivity contribution in [2.24, 2.45) is 5.92 Å². The van der Waals surface area contributed by atoms with Crippen LogP contribution in [0.4, 0.5) is 0 Å². The molecule has 0 radical (unpaired) electrons. The predicted molar refractivity (Wildman–Crippen MR) is 123 cm³/mol. The smallest absolute Gasteiger partial charge is 0.339 e. The Hall–Kier alpha value is -2.87. The second kappa shape index (κ2) is 9.17. The first-order valence-electron chi connectivity index (χ1n) is 11.6. The SMILES string of the molecule is Cc1cc(OCC(=O)NCC(=O)N2CC[C@@]3(O)CCCC[C@H]3C2)c2c(C)c(C)c(=O)oc2c1.